The number of aromatic nitrogens is 2. The molecule has 0 spiro atoms. The van der Waals surface area contributed by atoms with Crippen molar-refractivity contribution >= 4 is 22.8 Å². The van der Waals surface area contributed by atoms with Crippen molar-refractivity contribution in [1.29, 1.82) is 0 Å². The average molecular weight is 585 g/mol. The lowest BCUT2D eigenvalue weighted by molar-refractivity contribution is -0.172. The summed E-state index contributed by atoms with van der Waals surface area (Å²) in [6, 6.07) is 14.8. The maximum absolute atomic E-state index is 13.0. The first-order valence-electron chi connectivity index (χ1n) is 14.2. The highest BCUT2D eigenvalue weighted by atomic mass is 16.6. The Labute approximate surface area is 247 Å². The third-order valence-electron chi connectivity index (χ3n) is 8.43. The van der Waals surface area contributed by atoms with Gasteiger partial charge >= 0.3 is 11.9 Å². The van der Waals surface area contributed by atoms with E-state index in [9.17, 15) is 19.5 Å². The van der Waals surface area contributed by atoms with Gasteiger partial charge in [0, 0.05) is 22.1 Å². The van der Waals surface area contributed by atoms with Crippen molar-refractivity contribution in [3.8, 4) is 22.9 Å². The number of aromatic carboxylic acids is 1. The van der Waals surface area contributed by atoms with Crippen molar-refractivity contribution in [2.24, 2.45) is 0 Å². The first-order valence-corrected chi connectivity index (χ1v) is 14.2. The number of methoxy groups -OCH3 is 1. The lowest BCUT2D eigenvalue weighted by Gasteiger charge is -2.33. The van der Waals surface area contributed by atoms with Crippen LogP contribution in [0.2, 0.25) is 0 Å². The number of pyridine rings is 2. The molecule has 5 heterocycles. The van der Waals surface area contributed by atoms with E-state index in [1.165, 1.54) is 13.2 Å². The summed E-state index contributed by atoms with van der Waals surface area (Å²) in [5.41, 5.74) is 2.65. The van der Waals surface area contributed by atoms with E-state index in [2.05, 4.69) is 0 Å². The number of benzene rings is 2. The van der Waals surface area contributed by atoms with Crippen LogP contribution in [0.3, 0.4) is 0 Å². The highest BCUT2D eigenvalue weighted by molar-refractivity contribution is 5.92. The smallest absolute Gasteiger partial charge is 0.343 e. The largest absolute Gasteiger partial charge is 0.495 e. The molecule has 4 aromatic rings. The molecule has 0 amide bonds. The van der Waals surface area contributed by atoms with Gasteiger partial charge in [-0.05, 0) is 63.4 Å². The minimum atomic E-state index is -1.79. The number of aliphatic hydroxyl groups is 1. The number of carboxylic acid groups (broad SMARTS) is 1. The van der Waals surface area contributed by atoms with Crippen LogP contribution in [-0.4, -0.2) is 44.4 Å². The van der Waals surface area contributed by atoms with Crippen molar-refractivity contribution in [3.05, 3.63) is 86.7 Å². The predicted octanol–water partition coefficient (Wildman–Crippen LogP) is 4.58. The van der Waals surface area contributed by atoms with E-state index in [1.54, 1.807) is 23.6 Å². The number of esters is 1. The molecule has 0 saturated carbocycles. The van der Waals surface area contributed by atoms with Crippen LogP contribution in [0.15, 0.2) is 53.3 Å². The van der Waals surface area contributed by atoms with Crippen molar-refractivity contribution in [2.75, 3.05) is 7.11 Å². The Balaban J connectivity index is 0.000000168. The highest BCUT2D eigenvalue weighted by Crippen LogP contribution is 2.41. The zero-order valence-corrected chi connectivity index (χ0v) is 24.4. The third-order valence-corrected chi connectivity index (χ3v) is 8.43. The van der Waals surface area contributed by atoms with E-state index in [0.29, 0.717) is 29.1 Å². The number of carbonyl (C=O) groups excluding carboxylic acids is 1. The van der Waals surface area contributed by atoms with E-state index in [-0.39, 0.29) is 29.8 Å². The van der Waals surface area contributed by atoms with Gasteiger partial charge in [-0.1, -0.05) is 25.1 Å². The average Bonchev–Trinajstić information content (AvgIpc) is 3.35. The zero-order chi connectivity index (χ0) is 30.7. The number of para-hydroxylation sites is 1. The summed E-state index contributed by atoms with van der Waals surface area (Å²) in [6.07, 6.45) is 1.76. The van der Waals surface area contributed by atoms with Crippen molar-refractivity contribution in [1.82, 2.24) is 9.55 Å². The van der Waals surface area contributed by atoms with E-state index in [0.717, 1.165) is 46.3 Å². The molecule has 2 aromatic carbocycles. The monoisotopic (exact) mass is 584 g/mol. The summed E-state index contributed by atoms with van der Waals surface area (Å²) >= 11 is 0. The second-order valence-electron chi connectivity index (χ2n) is 11.6. The second kappa shape index (κ2) is 10.2. The SMILES string of the molecule is CCC1(O)C(=O)OCc2c1cc1n(c2=O)Cc2cc3ccccc3nc2-1.COc1c(C(=O)O)ccc2c1CCC(C)(C)O2. The maximum atomic E-state index is 13.0. The van der Waals surface area contributed by atoms with E-state index in [1.807, 2.05) is 44.2 Å². The number of carboxylic acids is 1. The van der Waals surface area contributed by atoms with Crippen LogP contribution in [-0.2, 0) is 34.7 Å². The van der Waals surface area contributed by atoms with Crippen LogP contribution in [0.1, 0.15) is 66.2 Å². The molecule has 0 radical (unpaired) electrons. The number of cyclic esters (lactones) is 1. The molecule has 1 atom stereocenters. The molecule has 0 bridgehead atoms. The highest BCUT2D eigenvalue weighted by Gasteiger charge is 2.45. The number of ether oxygens (including phenoxy) is 3. The molecule has 10 nitrogen and oxygen atoms in total. The van der Waals surface area contributed by atoms with Gasteiger partial charge in [-0.2, -0.15) is 0 Å². The van der Waals surface area contributed by atoms with Crippen molar-refractivity contribution in [2.45, 2.75) is 64.4 Å². The van der Waals surface area contributed by atoms with E-state index < -0.39 is 17.5 Å². The standard InChI is InChI=1S/C20H16N2O4.C13H16O4/c1-2-20(25)14-8-16-17-12(7-11-5-3-4-6-15(11)21-17)9-22(16)18(23)13(14)10-26-19(20)24;1-13(2)7-6-8-10(17-13)5-4-9(12(14)15)11(8)16-3/h3-8,25H,2,9-10H2,1H3;4-5H,6-7H2,1-3H3,(H,14,15). The summed E-state index contributed by atoms with van der Waals surface area (Å²) in [5.74, 6) is -0.537. The fourth-order valence-electron chi connectivity index (χ4n) is 6.04. The Hall–Kier alpha value is -4.70. The van der Waals surface area contributed by atoms with Gasteiger partial charge in [0.15, 0.2) is 5.60 Å². The lowest BCUT2D eigenvalue weighted by Crippen LogP contribution is -2.44. The lowest BCUT2D eigenvalue weighted by atomic mass is 9.86. The molecule has 3 aliphatic heterocycles. The molecule has 2 aromatic heterocycles. The summed E-state index contributed by atoms with van der Waals surface area (Å²) in [6.45, 7) is 6.05. The maximum Gasteiger partial charge on any atom is 0.343 e. The molecule has 0 fully saturated rings. The third kappa shape index (κ3) is 4.62. The number of nitrogens with zero attached hydrogens (tertiary/aromatic N) is 2. The Morgan fingerprint density at radius 3 is 2.60 bits per heavy atom. The van der Waals surface area contributed by atoms with Crippen LogP contribution in [0, 0.1) is 0 Å². The number of fused-ring (bicyclic) bond motifs is 6. The van der Waals surface area contributed by atoms with Gasteiger partial charge in [-0.3, -0.25) is 4.79 Å². The molecule has 3 aliphatic rings. The van der Waals surface area contributed by atoms with Gasteiger partial charge in [0.05, 0.1) is 36.1 Å². The van der Waals surface area contributed by atoms with Gasteiger partial charge in [-0.25, -0.2) is 14.6 Å². The number of rotatable bonds is 3. The second-order valence-corrected chi connectivity index (χ2v) is 11.6. The molecular weight excluding hydrogens is 552 g/mol. The summed E-state index contributed by atoms with van der Waals surface area (Å²) in [7, 11) is 1.49. The fourth-order valence-corrected chi connectivity index (χ4v) is 6.04. The number of hydrogen-bond acceptors (Lipinski definition) is 8. The normalized spacial score (nSPS) is 19.0. The Kier molecular flexibility index (Phi) is 6.76. The topological polar surface area (TPSA) is 137 Å². The van der Waals surface area contributed by atoms with Crippen LogP contribution >= 0.6 is 0 Å². The van der Waals surface area contributed by atoms with Crippen LogP contribution in [0.5, 0.6) is 11.5 Å². The molecule has 0 aliphatic carbocycles. The number of carbonyl (C=O) groups is 2. The number of hydrogen-bond donors (Lipinski definition) is 2. The first kappa shape index (κ1) is 28.4. The van der Waals surface area contributed by atoms with E-state index in [4.69, 9.17) is 24.3 Å². The Morgan fingerprint density at radius 2 is 1.88 bits per heavy atom. The Morgan fingerprint density at radius 1 is 1.12 bits per heavy atom. The van der Waals surface area contributed by atoms with Crippen LogP contribution < -0.4 is 15.0 Å². The predicted molar refractivity (Wildman–Crippen MR) is 158 cm³/mol. The van der Waals surface area contributed by atoms with Gasteiger partial charge in [-0.15, -0.1) is 0 Å². The molecule has 0 saturated heterocycles. The molecule has 2 N–H and O–H groups in total. The minimum Gasteiger partial charge on any atom is -0.495 e. The van der Waals surface area contributed by atoms with Gasteiger partial charge < -0.3 is 29.0 Å². The molecule has 10 heteroatoms. The van der Waals surface area contributed by atoms with Crippen molar-refractivity contribution < 1.29 is 34.0 Å². The summed E-state index contributed by atoms with van der Waals surface area (Å²) in [5, 5.41) is 20.9. The summed E-state index contributed by atoms with van der Waals surface area (Å²) < 4.78 is 17.8. The van der Waals surface area contributed by atoms with Crippen LogP contribution in [0.4, 0.5) is 0 Å². The summed E-state index contributed by atoms with van der Waals surface area (Å²) in [4.78, 5) is 41.0. The van der Waals surface area contributed by atoms with Crippen LogP contribution in [0.25, 0.3) is 22.3 Å². The molecule has 222 valence electrons. The molecular formula is C33H32N2O8. The van der Waals surface area contributed by atoms with Gasteiger partial charge in [0.2, 0.25) is 0 Å². The molecule has 43 heavy (non-hydrogen) atoms. The zero-order valence-electron chi connectivity index (χ0n) is 24.4. The molecule has 7 rings (SSSR count). The van der Waals surface area contributed by atoms with E-state index >= 15 is 0 Å². The quantitative estimate of drug-likeness (QED) is 0.292. The minimum absolute atomic E-state index is 0.110. The van der Waals surface area contributed by atoms with Gasteiger partial charge in [0.25, 0.3) is 5.56 Å². The Bertz CT molecular complexity index is 1880. The van der Waals surface area contributed by atoms with Gasteiger partial charge in [0.1, 0.15) is 29.3 Å². The van der Waals surface area contributed by atoms with Crippen molar-refractivity contribution in [3.63, 3.8) is 0 Å². The molecule has 1 unspecified atom stereocenters. The fraction of sp³-hybridized carbons (Fsp3) is 0.333. The first-order chi connectivity index (χ1) is 20.5.